The standard InChI is InChI=1S/C14H21N3O2/c1-11-5-6-13(18)12(16-11)9-15-10-14(19)17-7-3-2-4-8-17/h5-6,15,18H,2-4,7-10H2,1H3. The van der Waals surface area contributed by atoms with Crippen LogP contribution in [0.1, 0.15) is 30.7 Å². The lowest BCUT2D eigenvalue weighted by Gasteiger charge is -2.26. The second kappa shape index (κ2) is 6.52. The molecule has 0 spiro atoms. The van der Waals surface area contributed by atoms with Gasteiger partial charge in [0.2, 0.25) is 5.91 Å². The third-order valence-electron chi connectivity index (χ3n) is 3.37. The summed E-state index contributed by atoms with van der Waals surface area (Å²) in [7, 11) is 0. The lowest BCUT2D eigenvalue weighted by atomic mass is 10.1. The van der Waals surface area contributed by atoms with E-state index in [0.717, 1.165) is 31.6 Å². The molecule has 19 heavy (non-hydrogen) atoms. The molecule has 0 saturated carbocycles. The molecule has 1 fully saturated rings. The van der Waals surface area contributed by atoms with E-state index in [0.29, 0.717) is 18.8 Å². The molecular weight excluding hydrogens is 242 g/mol. The van der Waals surface area contributed by atoms with E-state index < -0.39 is 0 Å². The van der Waals surface area contributed by atoms with E-state index in [1.807, 2.05) is 11.8 Å². The van der Waals surface area contributed by atoms with Crippen molar-refractivity contribution >= 4 is 5.91 Å². The molecule has 1 aliphatic rings. The van der Waals surface area contributed by atoms with Crippen molar-refractivity contribution in [2.45, 2.75) is 32.7 Å². The fourth-order valence-corrected chi connectivity index (χ4v) is 2.28. The molecule has 0 atom stereocenters. The Hall–Kier alpha value is -1.62. The number of aryl methyl sites for hydroxylation is 1. The van der Waals surface area contributed by atoms with Gasteiger partial charge in [0.25, 0.3) is 0 Å². The Balaban J connectivity index is 1.79. The number of hydrogen-bond donors (Lipinski definition) is 2. The average molecular weight is 263 g/mol. The minimum atomic E-state index is 0.131. The van der Waals surface area contributed by atoms with Gasteiger partial charge in [0.1, 0.15) is 5.75 Å². The van der Waals surface area contributed by atoms with Gasteiger partial charge in [-0.1, -0.05) is 0 Å². The highest BCUT2D eigenvalue weighted by atomic mass is 16.3. The number of aromatic nitrogens is 1. The molecule has 0 unspecified atom stereocenters. The van der Waals surface area contributed by atoms with Crippen molar-refractivity contribution in [1.82, 2.24) is 15.2 Å². The maximum absolute atomic E-state index is 11.9. The van der Waals surface area contributed by atoms with Crippen molar-refractivity contribution in [3.8, 4) is 5.75 Å². The van der Waals surface area contributed by atoms with Crippen molar-refractivity contribution in [2.24, 2.45) is 0 Å². The van der Waals surface area contributed by atoms with Crippen LogP contribution >= 0.6 is 0 Å². The summed E-state index contributed by atoms with van der Waals surface area (Å²) in [6.07, 6.45) is 3.43. The number of rotatable bonds is 4. The molecule has 104 valence electrons. The predicted molar refractivity (Wildman–Crippen MR) is 72.8 cm³/mol. The number of nitrogens with one attached hydrogen (secondary N) is 1. The number of carbonyl (C=O) groups is 1. The SMILES string of the molecule is Cc1ccc(O)c(CNCC(=O)N2CCCCC2)n1. The van der Waals surface area contributed by atoms with E-state index in [1.54, 1.807) is 12.1 Å². The molecule has 1 aromatic heterocycles. The number of pyridine rings is 1. The van der Waals surface area contributed by atoms with Gasteiger partial charge in [0.05, 0.1) is 12.2 Å². The zero-order valence-corrected chi connectivity index (χ0v) is 11.4. The highest BCUT2D eigenvalue weighted by molar-refractivity contribution is 5.78. The van der Waals surface area contributed by atoms with Gasteiger partial charge in [0, 0.05) is 25.3 Å². The lowest BCUT2D eigenvalue weighted by molar-refractivity contribution is -0.131. The van der Waals surface area contributed by atoms with Crippen LogP contribution in [0.15, 0.2) is 12.1 Å². The lowest BCUT2D eigenvalue weighted by Crippen LogP contribution is -2.41. The maximum Gasteiger partial charge on any atom is 0.236 e. The minimum absolute atomic E-state index is 0.131. The number of likely N-dealkylation sites (tertiary alicyclic amines) is 1. The van der Waals surface area contributed by atoms with Crippen LogP contribution < -0.4 is 5.32 Å². The normalized spacial score (nSPS) is 15.5. The van der Waals surface area contributed by atoms with E-state index in [9.17, 15) is 9.90 Å². The van der Waals surface area contributed by atoms with E-state index in [1.165, 1.54) is 6.42 Å². The Bertz CT molecular complexity index is 442. The van der Waals surface area contributed by atoms with E-state index >= 15 is 0 Å². The molecular formula is C14H21N3O2. The smallest absolute Gasteiger partial charge is 0.236 e. The quantitative estimate of drug-likeness (QED) is 0.856. The van der Waals surface area contributed by atoms with Crippen molar-refractivity contribution < 1.29 is 9.90 Å². The molecule has 2 rings (SSSR count). The van der Waals surface area contributed by atoms with Crippen molar-refractivity contribution in [2.75, 3.05) is 19.6 Å². The van der Waals surface area contributed by atoms with Gasteiger partial charge in [-0.15, -0.1) is 0 Å². The highest BCUT2D eigenvalue weighted by Gasteiger charge is 2.15. The summed E-state index contributed by atoms with van der Waals surface area (Å²) in [5, 5.41) is 12.7. The molecule has 2 heterocycles. The molecule has 5 nitrogen and oxygen atoms in total. The molecule has 1 aromatic rings. The van der Waals surface area contributed by atoms with Crippen LogP contribution in [0.3, 0.4) is 0 Å². The summed E-state index contributed by atoms with van der Waals surface area (Å²) in [5.41, 5.74) is 1.45. The molecule has 5 heteroatoms. The second-order valence-corrected chi connectivity index (χ2v) is 4.96. The van der Waals surface area contributed by atoms with Gasteiger partial charge in [-0.25, -0.2) is 0 Å². The van der Waals surface area contributed by atoms with Gasteiger partial charge in [-0.2, -0.15) is 0 Å². The summed E-state index contributed by atoms with van der Waals surface area (Å²) >= 11 is 0. The average Bonchev–Trinajstić information content (AvgIpc) is 2.43. The van der Waals surface area contributed by atoms with E-state index in [2.05, 4.69) is 10.3 Å². The number of aromatic hydroxyl groups is 1. The Morgan fingerprint density at radius 3 is 2.84 bits per heavy atom. The number of nitrogens with zero attached hydrogens (tertiary/aromatic N) is 2. The fraction of sp³-hybridized carbons (Fsp3) is 0.571. The first-order valence-electron chi connectivity index (χ1n) is 6.81. The van der Waals surface area contributed by atoms with Crippen LogP contribution in [0.2, 0.25) is 0 Å². The van der Waals surface area contributed by atoms with Crippen LogP contribution in [0.5, 0.6) is 5.75 Å². The van der Waals surface area contributed by atoms with Crippen LogP contribution in [0, 0.1) is 6.92 Å². The van der Waals surface area contributed by atoms with Crippen LogP contribution in [0.25, 0.3) is 0 Å². The number of amides is 1. The van der Waals surface area contributed by atoms with E-state index in [-0.39, 0.29) is 11.7 Å². The molecule has 2 N–H and O–H groups in total. The summed E-state index contributed by atoms with van der Waals surface area (Å²) in [5.74, 6) is 0.301. The second-order valence-electron chi connectivity index (χ2n) is 4.96. The van der Waals surface area contributed by atoms with Crippen LogP contribution in [-0.4, -0.2) is 40.5 Å². The third kappa shape index (κ3) is 3.92. The summed E-state index contributed by atoms with van der Waals surface area (Å²) < 4.78 is 0. The predicted octanol–water partition coefficient (Wildman–Crippen LogP) is 1.20. The Morgan fingerprint density at radius 2 is 2.11 bits per heavy atom. The first kappa shape index (κ1) is 13.8. The Morgan fingerprint density at radius 1 is 1.37 bits per heavy atom. The van der Waals surface area contributed by atoms with E-state index in [4.69, 9.17) is 0 Å². The largest absolute Gasteiger partial charge is 0.506 e. The van der Waals surface area contributed by atoms with Gasteiger partial charge in [0.15, 0.2) is 0 Å². The Labute approximate surface area is 113 Å². The van der Waals surface area contributed by atoms with Gasteiger partial charge in [-0.3, -0.25) is 9.78 Å². The maximum atomic E-state index is 11.9. The number of carbonyl (C=O) groups excluding carboxylic acids is 1. The van der Waals surface area contributed by atoms with Gasteiger partial charge < -0.3 is 15.3 Å². The van der Waals surface area contributed by atoms with Crippen molar-refractivity contribution in [3.63, 3.8) is 0 Å². The first-order chi connectivity index (χ1) is 9.16. The molecule has 1 saturated heterocycles. The van der Waals surface area contributed by atoms with Crippen LogP contribution in [0.4, 0.5) is 0 Å². The topological polar surface area (TPSA) is 65.5 Å². The summed E-state index contributed by atoms with van der Waals surface area (Å²) in [6.45, 7) is 4.33. The first-order valence-corrected chi connectivity index (χ1v) is 6.81. The molecule has 0 aromatic carbocycles. The number of hydrogen-bond acceptors (Lipinski definition) is 4. The van der Waals surface area contributed by atoms with Crippen LogP contribution in [-0.2, 0) is 11.3 Å². The van der Waals surface area contributed by atoms with Crippen molar-refractivity contribution in [1.29, 1.82) is 0 Å². The third-order valence-corrected chi connectivity index (χ3v) is 3.37. The molecule has 1 aliphatic heterocycles. The van der Waals surface area contributed by atoms with Crippen molar-refractivity contribution in [3.05, 3.63) is 23.5 Å². The molecule has 0 radical (unpaired) electrons. The zero-order valence-electron chi connectivity index (χ0n) is 11.4. The highest BCUT2D eigenvalue weighted by Crippen LogP contribution is 2.14. The molecule has 0 bridgehead atoms. The Kier molecular flexibility index (Phi) is 4.74. The minimum Gasteiger partial charge on any atom is -0.506 e. The zero-order chi connectivity index (χ0) is 13.7. The molecule has 0 aliphatic carbocycles. The van der Waals surface area contributed by atoms with Gasteiger partial charge in [-0.05, 0) is 38.3 Å². The molecule has 1 amide bonds. The summed E-state index contributed by atoms with van der Waals surface area (Å²) in [6, 6.07) is 3.39. The monoisotopic (exact) mass is 263 g/mol. The number of piperidine rings is 1. The summed E-state index contributed by atoms with van der Waals surface area (Å²) in [4.78, 5) is 18.1. The fourth-order valence-electron chi connectivity index (χ4n) is 2.28. The van der Waals surface area contributed by atoms with Gasteiger partial charge >= 0.3 is 0 Å².